The zero-order chi connectivity index (χ0) is 20.9. The summed E-state index contributed by atoms with van der Waals surface area (Å²) in [6, 6.07) is 11.3. The SMILES string of the molecule is COc1ccc(S(=O)(=O)Nc2ccc(NC(=O)N3CCCCCC3)cc2)c(C)c1. The number of anilines is 2. The lowest BCUT2D eigenvalue weighted by Crippen LogP contribution is -2.35. The molecule has 0 radical (unpaired) electrons. The minimum Gasteiger partial charge on any atom is -0.497 e. The lowest BCUT2D eigenvalue weighted by Gasteiger charge is -2.20. The highest BCUT2D eigenvalue weighted by molar-refractivity contribution is 7.92. The number of likely N-dealkylation sites (tertiary alicyclic amines) is 1. The van der Waals surface area contributed by atoms with Gasteiger partial charge in [0.25, 0.3) is 10.0 Å². The van der Waals surface area contributed by atoms with Crippen LogP contribution in [0.2, 0.25) is 0 Å². The number of sulfonamides is 1. The van der Waals surface area contributed by atoms with Gasteiger partial charge >= 0.3 is 6.03 Å². The molecule has 2 amide bonds. The Hall–Kier alpha value is -2.74. The number of rotatable bonds is 5. The Morgan fingerprint density at radius 3 is 2.17 bits per heavy atom. The van der Waals surface area contributed by atoms with E-state index in [1.807, 2.05) is 4.90 Å². The van der Waals surface area contributed by atoms with E-state index < -0.39 is 10.0 Å². The van der Waals surface area contributed by atoms with Gasteiger partial charge in [-0.25, -0.2) is 13.2 Å². The van der Waals surface area contributed by atoms with Crippen molar-refractivity contribution < 1.29 is 17.9 Å². The first-order chi connectivity index (χ1) is 13.9. The van der Waals surface area contributed by atoms with E-state index in [1.54, 1.807) is 43.3 Å². The summed E-state index contributed by atoms with van der Waals surface area (Å²) in [5.41, 5.74) is 1.65. The first-order valence-electron chi connectivity index (χ1n) is 9.72. The average Bonchev–Trinajstić information content (AvgIpc) is 2.98. The number of methoxy groups -OCH3 is 1. The van der Waals surface area contributed by atoms with Crippen molar-refractivity contribution in [2.45, 2.75) is 37.5 Å². The minimum absolute atomic E-state index is 0.117. The number of nitrogens with zero attached hydrogens (tertiary/aromatic N) is 1. The van der Waals surface area contributed by atoms with Gasteiger partial charge in [-0.2, -0.15) is 0 Å². The molecule has 8 heteroatoms. The second-order valence-electron chi connectivity index (χ2n) is 7.15. The smallest absolute Gasteiger partial charge is 0.321 e. The maximum Gasteiger partial charge on any atom is 0.321 e. The molecular weight excluding hydrogens is 390 g/mol. The maximum atomic E-state index is 12.7. The predicted octanol–water partition coefficient (Wildman–Crippen LogP) is 4.21. The van der Waals surface area contributed by atoms with Crippen molar-refractivity contribution in [3.63, 3.8) is 0 Å². The summed E-state index contributed by atoms with van der Waals surface area (Å²) in [5.74, 6) is 0.603. The second kappa shape index (κ2) is 9.17. The minimum atomic E-state index is -3.73. The van der Waals surface area contributed by atoms with Gasteiger partial charge in [0, 0.05) is 24.5 Å². The Bertz CT molecular complexity index is 950. The molecule has 1 aliphatic rings. The third kappa shape index (κ3) is 5.41. The summed E-state index contributed by atoms with van der Waals surface area (Å²) in [4.78, 5) is 14.4. The van der Waals surface area contributed by atoms with Gasteiger partial charge < -0.3 is 15.0 Å². The molecule has 0 atom stereocenters. The van der Waals surface area contributed by atoms with Crippen molar-refractivity contribution in [3.8, 4) is 5.75 Å². The van der Waals surface area contributed by atoms with Gasteiger partial charge in [0.2, 0.25) is 0 Å². The third-order valence-electron chi connectivity index (χ3n) is 4.95. The number of carbonyl (C=O) groups excluding carboxylic acids is 1. The standard InChI is InChI=1S/C21H27N3O4S/c1-16-15-19(28-2)11-12-20(16)29(26,27)23-18-9-7-17(8-10-18)22-21(25)24-13-5-3-4-6-14-24/h7-12,15,23H,3-6,13-14H2,1-2H3,(H,22,25). The van der Waals surface area contributed by atoms with Crippen molar-refractivity contribution in [3.05, 3.63) is 48.0 Å². The number of benzene rings is 2. The monoisotopic (exact) mass is 417 g/mol. The van der Waals surface area contributed by atoms with Gasteiger partial charge in [0.05, 0.1) is 12.0 Å². The fraction of sp³-hybridized carbons (Fsp3) is 0.381. The summed E-state index contributed by atoms with van der Waals surface area (Å²) in [6.45, 7) is 3.26. The zero-order valence-electron chi connectivity index (χ0n) is 16.8. The largest absolute Gasteiger partial charge is 0.497 e. The van der Waals surface area contributed by atoms with Crippen molar-refractivity contribution in [1.82, 2.24) is 4.90 Å². The number of carbonyl (C=O) groups is 1. The molecule has 0 spiro atoms. The van der Waals surface area contributed by atoms with Crippen LogP contribution in [0.1, 0.15) is 31.2 Å². The van der Waals surface area contributed by atoms with Crippen LogP contribution in [0.5, 0.6) is 5.75 Å². The Balaban J connectivity index is 1.66. The number of amides is 2. The van der Waals surface area contributed by atoms with E-state index in [9.17, 15) is 13.2 Å². The van der Waals surface area contributed by atoms with Crippen LogP contribution < -0.4 is 14.8 Å². The number of hydrogen-bond donors (Lipinski definition) is 2. The molecule has 1 fully saturated rings. The number of aryl methyl sites for hydroxylation is 1. The maximum absolute atomic E-state index is 12.7. The van der Waals surface area contributed by atoms with E-state index in [2.05, 4.69) is 10.0 Å². The van der Waals surface area contributed by atoms with Crippen molar-refractivity contribution in [1.29, 1.82) is 0 Å². The molecule has 1 heterocycles. The first kappa shape index (κ1) is 21.0. The zero-order valence-corrected chi connectivity index (χ0v) is 17.6. The Kier molecular flexibility index (Phi) is 6.64. The number of urea groups is 1. The van der Waals surface area contributed by atoms with E-state index in [0.29, 0.717) is 22.7 Å². The molecule has 1 saturated heterocycles. The Labute approximate surface area is 172 Å². The lowest BCUT2D eigenvalue weighted by atomic mass is 10.2. The van der Waals surface area contributed by atoms with Crippen LogP contribution in [0, 0.1) is 6.92 Å². The highest BCUT2D eigenvalue weighted by Crippen LogP contribution is 2.24. The number of ether oxygens (including phenoxy) is 1. The molecule has 0 aromatic heterocycles. The van der Waals surface area contributed by atoms with Crippen LogP contribution in [0.25, 0.3) is 0 Å². The molecule has 0 saturated carbocycles. The van der Waals surface area contributed by atoms with Crippen molar-refractivity contribution in [2.24, 2.45) is 0 Å². The summed E-state index contributed by atoms with van der Waals surface area (Å²) in [6.07, 6.45) is 4.37. The van der Waals surface area contributed by atoms with Crippen LogP contribution in [0.15, 0.2) is 47.4 Å². The fourth-order valence-electron chi connectivity index (χ4n) is 3.36. The van der Waals surface area contributed by atoms with Gasteiger partial charge in [-0.05, 0) is 67.8 Å². The third-order valence-corrected chi connectivity index (χ3v) is 6.49. The van der Waals surface area contributed by atoms with Gasteiger partial charge in [-0.15, -0.1) is 0 Å². The van der Waals surface area contributed by atoms with Crippen LogP contribution in [0.3, 0.4) is 0 Å². The lowest BCUT2D eigenvalue weighted by molar-refractivity contribution is 0.214. The highest BCUT2D eigenvalue weighted by Gasteiger charge is 2.18. The summed E-state index contributed by atoms with van der Waals surface area (Å²) < 4.78 is 33.1. The summed E-state index contributed by atoms with van der Waals surface area (Å²) in [5, 5.41) is 2.88. The molecule has 2 aromatic carbocycles. The molecule has 0 aliphatic carbocycles. The molecule has 29 heavy (non-hydrogen) atoms. The highest BCUT2D eigenvalue weighted by atomic mass is 32.2. The molecule has 3 rings (SSSR count). The fourth-order valence-corrected chi connectivity index (χ4v) is 4.64. The molecule has 0 unspecified atom stereocenters. The Morgan fingerprint density at radius 2 is 1.59 bits per heavy atom. The first-order valence-corrected chi connectivity index (χ1v) is 11.2. The van der Waals surface area contributed by atoms with Crippen molar-refractivity contribution >= 4 is 27.4 Å². The van der Waals surface area contributed by atoms with Crippen LogP contribution in [-0.2, 0) is 10.0 Å². The number of hydrogen-bond acceptors (Lipinski definition) is 4. The molecule has 7 nitrogen and oxygen atoms in total. The topological polar surface area (TPSA) is 87.7 Å². The van der Waals surface area contributed by atoms with Gasteiger partial charge in [0.15, 0.2) is 0 Å². The second-order valence-corrected chi connectivity index (χ2v) is 8.80. The molecule has 1 aliphatic heterocycles. The quantitative estimate of drug-likeness (QED) is 0.763. The normalized spacial score (nSPS) is 14.8. The molecular formula is C21H27N3O4S. The molecule has 2 N–H and O–H groups in total. The van der Waals surface area contributed by atoms with E-state index in [4.69, 9.17) is 4.74 Å². The molecule has 156 valence electrons. The Morgan fingerprint density at radius 1 is 0.966 bits per heavy atom. The van der Waals surface area contributed by atoms with E-state index in [0.717, 1.165) is 38.8 Å². The van der Waals surface area contributed by atoms with Gasteiger partial charge in [0.1, 0.15) is 5.75 Å². The van der Waals surface area contributed by atoms with Gasteiger partial charge in [-0.1, -0.05) is 12.8 Å². The van der Waals surface area contributed by atoms with E-state index >= 15 is 0 Å². The van der Waals surface area contributed by atoms with Crippen LogP contribution in [0.4, 0.5) is 16.2 Å². The number of nitrogens with one attached hydrogen (secondary N) is 2. The van der Waals surface area contributed by atoms with E-state index in [-0.39, 0.29) is 10.9 Å². The summed E-state index contributed by atoms with van der Waals surface area (Å²) >= 11 is 0. The molecule has 2 aromatic rings. The van der Waals surface area contributed by atoms with Gasteiger partial charge in [-0.3, -0.25) is 4.72 Å². The van der Waals surface area contributed by atoms with Crippen LogP contribution >= 0.6 is 0 Å². The van der Waals surface area contributed by atoms with E-state index in [1.165, 1.54) is 13.2 Å². The van der Waals surface area contributed by atoms with Crippen molar-refractivity contribution in [2.75, 3.05) is 30.2 Å². The summed E-state index contributed by atoms with van der Waals surface area (Å²) in [7, 11) is -2.19. The predicted molar refractivity (Wildman–Crippen MR) is 114 cm³/mol. The average molecular weight is 418 g/mol. The van der Waals surface area contributed by atoms with Crippen LogP contribution in [-0.4, -0.2) is 39.5 Å². The molecule has 0 bridgehead atoms.